The van der Waals surface area contributed by atoms with Crippen LogP contribution in [0, 0.1) is 11.3 Å². The Balaban J connectivity index is 2.38. The molecular formula is C29H47NO12S. The summed E-state index contributed by atoms with van der Waals surface area (Å²) in [5, 5.41) is 2.77. The lowest BCUT2D eigenvalue weighted by Gasteiger charge is -2.49. The first-order chi connectivity index (χ1) is 20.0. The molecule has 0 bridgehead atoms. The molecule has 0 saturated carbocycles. The van der Waals surface area contributed by atoms with Gasteiger partial charge in [0.05, 0.1) is 24.3 Å². The number of ether oxygens (including phenoxy) is 7. The highest BCUT2D eigenvalue weighted by Crippen LogP contribution is 2.43. The van der Waals surface area contributed by atoms with Gasteiger partial charge in [-0.3, -0.25) is 19.2 Å². The molecule has 43 heavy (non-hydrogen) atoms. The minimum Gasteiger partial charge on any atom is -0.462 e. The number of methoxy groups -OCH3 is 3. The largest absolute Gasteiger partial charge is 0.462 e. The van der Waals surface area contributed by atoms with Crippen LogP contribution < -0.4 is 5.32 Å². The van der Waals surface area contributed by atoms with Gasteiger partial charge >= 0.3 is 17.9 Å². The Morgan fingerprint density at radius 1 is 1.05 bits per heavy atom. The fourth-order valence-electron chi connectivity index (χ4n) is 5.27. The van der Waals surface area contributed by atoms with Crippen LogP contribution in [0.25, 0.3) is 0 Å². The molecule has 2 aliphatic heterocycles. The first-order valence-electron chi connectivity index (χ1n) is 14.1. The van der Waals surface area contributed by atoms with Crippen molar-refractivity contribution in [3.05, 3.63) is 12.2 Å². The molecule has 0 aromatic heterocycles. The van der Waals surface area contributed by atoms with E-state index in [1.807, 2.05) is 27.7 Å². The van der Waals surface area contributed by atoms with Gasteiger partial charge in [0.15, 0.2) is 6.23 Å². The van der Waals surface area contributed by atoms with Gasteiger partial charge in [0.25, 0.3) is 5.91 Å². The maximum Gasteiger partial charge on any atom is 0.314 e. The highest BCUT2D eigenvalue weighted by atomic mass is 32.2. The summed E-state index contributed by atoms with van der Waals surface area (Å²) in [5.74, 6) is -4.07. The van der Waals surface area contributed by atoms with Crippen LogP contribution >= 0.6 is 12.0 Å². The molecule has 2 aliphatic rings. The number of esters is 2. The zero-order valence-electron chi connectivity index (χ0n) is 26.8. The van der Waals surface area contributed by atoms with E-state index in [9.17, 15) is 19.2 Å². The highest BCUT2D eigenvalue weighted by molar-refractivity contribution is 7.95. The van der Waals surface area contributed by atoms with E-state index in [4.69, 9.17) is 37.3 Å². The number of rotatable bonds is 13. The topological polar surface area (TPSA) is 154 Å². The van der Waals surface area contributed by atoms with E-state index in [-0.39, 0.29) is 31.3 Å². The lowest BCUT2D eigenvalue weighted by atomic mass is 9.74. The van der Waals surface area contributed by atoms with E-state index in [0.717, 1.165) is 17.6 Å². The summed E-state index contributed by atoms with van der Waals surface area (Å²) in [6.45, 7) is 15.4. The maximum absolute atomic E-state index is 13.8. The van der Waals surface area contributed by atoms with Crippen LogP contribution in [0.3, 0.4) is 0 Å². The fraction of sp³-hybridized carbons (Fsp3) is 0.793. The smallest absolute Gasteiger partial charge is 0.314 e. The van der Waals surface area contributed by atoms with Crippen molar-refractivity contribution in [3.63, 3.8) is 0 Å². The molecule has 14 heteroatoms. The molecule has 0 aromatic rings. The quantitative estimate of drug-likeness (QED) is 0.137. The van der Waals surface area contributed by atoms with E-state index in [2.05, 4.69) is 11.9 Å². The van der Waals surface area contributed by atoms with Crippen LogP contribution in [0.4, 0.5) is 0 Å². The molecule has 2 rings (SSSR count). The molecule has 13 nitrogen and oxygen atoms in total. The van der Waals surface area contributed by atoms with Crippen LogP contribution in [0.5, 0.6) is 0 Å². The number of hydrogen-bond acceptors (Lipinski definition) is 13. The Morgan fingerprint density at radius 3 is 2.19 bits per heavy atom. The van der Waals surface area contributed by atoms with Crippen molar-refractivity contribution in [3.8, 4) is 0 Å². The number of amides is 1. The van der Waals surface area contributed by atoms with Crippen LogP contribution in [-0.4, -0.2) is 93.1 Å². The van der Waals surface area contributed by atoms with Gasteiger partial charge < -0.3 is 42.7 Å². The summed E-state index contributed by atoms with van der Waals surface area (Å²) >= 11 is 0.849. The molecule has 0 aromatic carbocycles. The second-order valence-electron chi connectivity index (χ2n) is 11.5. The number of nitrogens with one attached hydrogen (secondary N) is 1. The van der Waals surface area contributed by atoms with Gasteiger partial charge in [-0.15, -0.1) is 0 Å². The van der Waals surface area contributed by atoms with Gasteiger partial charge in [-0.2, -0.15) is 0 Å². The Hall–Kier alpha value is -2.23. The second kappa shape index (κ2) is 15.7. The molecule has 2 unspecified atom stereocenters. The van der Waals surface area contributed by atoms with Gasteiger partial charge in [-0.05, 0) is 6.92 Å². The molecule has 9 atom stereocenters. The van der Waals surface area contributed by atoms with Crippen molar-refractivity contribution in [2.24, 2.45) is 11.3 Å². The monoisotopic (exact) mass is 633 g/mol. The normalized spacial score (nSPS) is 30.8. The lowest BCUT2D eigenvalue weighted by Crippen LogP contribution is -2.63. The van der Waals surface area contributed by atoms with Crippen molar-refractivity contribution >= 4 is 35.9 Å². The minimum atomic E-state index is -1.63. The van der Waals surface area contributed by atoms with Crippen LogP contribution in [-0.2, 0) is 56.5 Å². The van der Waals surface area contributed by atoms with Crippen LogP contribution in [0.1, 0.15) is 67.7 Å². The van der Waals surface area contributed by atoms with Crippen molar-refractivity contribution in [1.82, 2.24) is 5.32 Å². The molecule has 0 spiro atoms. The van der Waals surface area contributed by atoms with Gasteiger partial charge in [0, 0.05) is 72.7 Å². The number of carbonyl (C=O) groups is 4. The van der Waals surface area contributed by atoms with E-state index in [0.29, 0.717) is 0 Å². The summed E-state index contributed by atoms with van der Waals surface area (Å²) in [7, 11) is 4.23. The van der Waals surface area contributed by atoms with Crippen LogP contribution in [0.2, 0.25) is 0 Å². The molecular weight excluding hydrogens is 586 g/mol. The molecule has 1 N–H and O–H groups in total. The van der Waals surface area contributed by atoms with Crippen molar-refractivity contribution in [2.45, 2.75) is 116 Å². The molecule has 1 amide bonds. The molecule has 2 fully saturated rings. The number of hydrogen-bond donors (Lipinski definition) is 1. The zero-order chi connectivity index (χ0) is 32.7. The molecule has 0 aliphatic carbocycles. The Kier molecular flexibility index (Phi) is 13.5. The first-order valence-corrected chi connectivity index (χ1v) is 14.9. The Morgan fingerprint density at radius 2 is 1.70 bits per heavy atom. The third-order valence-corrected chi connectivity index (χ3v) is 8.98. The molecule has 2 heterocycles. The Bertz CT molecular complexity index is 1020. The predicted molar refractivity (Wildman–Crippen MR) is 155 cm³/mol. The highest BCUT2D eigenvalue weighted by Gasteiger charge is 2.54. The second-order valence-corrected chi connectivity index (χ2v) is 12.4. The lowest BCUT2D eigenvalue weighted by molar-refractivity contribution is -0.300. The number of carbonyl (C=O) groups excluding carboxylic acids is 4. The van der Waals surface area contributed by atoms with Gasteiger partial charge in [-0.1, -0.05) is 32.9 Å². The van der Waals surface area contributed by atoms with E-state index < -0.39 is 71.1 Å². The van der Waals surface area contributed by atoms with Gasteiger partial charge in [-0.25, -0.2) is 0 Å². The summed E-state index contributed by atoms with van der Waals surface area (Å²) < 4.78 is 45.7. The van der Waals surface area contributed by atoms with Crippen LogP contribution in [0.15, 0.2) is 12.2 Å². The van der Waals surface area contributed by atoms with Crippen molar-refractivity contribution < 1.29 is 56.5 Å². The van der Waals surface area contributed by atoms with E-state index >= 15 is 0 Å². The third-order valence-electron chi connectivity index (χ3n) is 8.05. The maximum atomic E-state index is 13.8. The van der Waals surface area contributed by atoms with E-state index in [1.54, 1.807) is 0 Å². The third kappa shape index (κ3) is 9.38. The Labute approximate surface area is 258 Å². The summed E-state index contributed by atoms with van der Waals surface area (Å²) in [4.78, 5) is 49.4. The van der Waals surface area contributed by atoms with Crippen molar-refractivity contribution in [2.75, 3.05) is 21.3 Å². The minimum absolute atomic E-state index is 0.0138. The summed E-state index contributed by atoms with van der Waals surface area (Å²) in [6.07, 6.45) is -4.48. The first kappa shape index (κ1) is 37.0. The summed E-state index contributed by atoms with van der Waals surface area (Å²) in [6, 6.07) is 0. The standard InChI is InChI=1S/C29H47NO12S/c1-15-14-29(37-11,41-17(3)16(15)2)25(39-19(5)32)26(34)30-27(36-10)21-12-22(38-18(4)31)28(7,8)23(40-21)13-24(35-9)43-42-20(6)33/h16-17,21-25,27H,1,12-14H2,2-11H3,(H,30,34)/t16?,17?,21-,22+,23+,24+,25+,27-,29+/m0/s1. The van der Waals surface area contributed by atoms with Gasteiger partial charge in [0.2, 0.25) is 11.9 Å². The van der Waals surface area contributed by atoms with Gasteiger partial charge in [0.1, 0.15) is 17.6 Å². The average molecular weight is 634 g/mol. The summed E-state index contributed by atoms with van der Waals surface area (Å²) in [5.41, 5.74) is -0.531. The van der Waals surface area contributed by atoms with E-state index in [1.165, 1.54) is 42.1 Å². The zero-order valence-corrected chi connectivity index (χ0v) is 27.6. The molecule has 246 valence electrons. The fourth-order valence-corrected chi connectivity index (χ4v) is 5.84. The molecule has 0 radical (unpaired) electrons. The van der Waals surface area contributed by atoms with Crippen molar-refractivity contribution in [1.29, 1.82) is 0 Å². The SMILES string of the molecule is C=C1C[C@](OC)([C@H](OC(C)=O)C(=O)N[C@@H](OC)[C@@H]2C[C@@H](OC(C)=O)C(C)(C)[C@@H](C[C@H](OC)SOC(C)=O)O2)OC(C)C1C. The predicted octanol–water partition coefficient (Wildman–Crippen LogP) is 3.04. The molecule has 2 saturated heterocycles. The average Bonchev–Trinajstić information content (AvgIpc) is 2.92.